The number of aromatic nitrogens is 2. The van der Waals surface area contributed by atoms with Crippen LogP contribution >= 0.6 is 34.2 Å². The number of halogens is 2. The van der Waals surface area contributed by atoms with Gasteiger partial charge in [0.1, 0.15) is 0 Å². The molecule has 0 atom stereocenters. The highest BCUT2D eigenvalue weighted by atomic mass is 127. The lowest BCUT2D eigenvalue weighted by molar-refractivity contribution is 0.0592. The maximum absolute atomic E-state index is 11.0. The average Bonchev–Trinajstić information content (AvgIpc) is 2.08. The first-order chi connectivity index (χ1) is 5.65. The maximum atomic E-state index is 11.0. The minimum atomic E-state index is -0.510. The van der Waals surface area contributed by atoms with Crippen molar-refractivity contribution in [3.63, 3.8) is 0 Å². The summed E-state index contributed by atoms with van der Waals surface area (Å²) in [5.41, 5.74) is 0.193. The van der Waals surface area contributed by atoms with E-state index in [1.165, 1.54) is 13.3 Å². The summed E-state index contributed by atoms with van der Waals surface area (Å²) in [5, 5.41) is 0.0378. The smallest absolute Gasteiger partial charge is 0.357 e. The van der Waals surface area contributed by atoms with Crippen LogP contribution in [-0.4, -0.2) is 23.0 Å². The van der Waals surface area contributed by atoms with Crippen molar-refractivity contribution in [2.75, 3.05) is 7.11 Å². The third-order valence-corrected chi connectivity index (χ3v) is 2.06. The zero-order chi connectivity index (χ0) is 9.14. The van der Waals surface area contributed by atoms with Crippen molar-refractivity contribution >= 4 is 40.2 Å². The van der Waals surface area contributed by atoms with Crippen molar-refractivity contribution < 1.29 is 9.53 Å². The van der Waals surface area contributed by atoms with Crippen LogP contribution in [0.25, 0.3) is 0 Å². The van der Waals surface area contributed by atoms with Gasteiger partial charge in [-0.3, -0.25) is 0 Å². The summed E-state index contributed by atoms with van der Waals surface area (Å²) < 4.78 is 5.09. The van der Waals surface area contributed by atoms with Gasteiger partial charge in [0, 0.05) is 6.20 Å². The van der Waals surface area contributed by atoms with E-state index in [-0.39, 0.29) is 11.0 Å². The summed E-state index contributed by atoms with van der Waals surface area (Å²) in [4.78, 5) is 18.4. The number of methoxy groups -OCH3 is 1. The molecule has 0 saturated carbocycles. The topological polar surface area (TPSA) is 52.1 Å². The molecular formula is C6H4ClIN2O2. The Kier molecular flexibility index (Phi) is 3.21. The van der Waals surface area contributed by atoms with Crippen LogP contribution in [0.5, 0.6) is 0 Å². The van der Waals surface area contributed by atoms with Crippen LogP contribution in [0.2, 0.25) is 5.28 Å². The molecule has 0 spiro atoms. The van der Waals surface area contributed by atoms with Crippen LogP contribution in [0.1, 0.15) is 10.5 Å². The van der Waals surface area contributed by atoms with Gasteiger partial charge in [-0.2, -0.15) is 0 Å². The number of hydrogen-bond donors (Lipinski definition) is 0. The fourth-order valence-electron chi connectivity index (χ4n) is 0.585. The van der Waals surface area contributed by atoms with Crippen LogP contribution < -0.4 is 0 Å². The lowest BCUT2D eigenvalue weighted by Crippen LogP contribution is -2.07. The molecule has 0 fully saturated rings. The molecule has 0 bridgehead atoms. The maximum Gasteiger partial charge on any atom is 0.357 e. The van der Waals surface area contributed by atoms with Crippen molar-refractivity contribution in [3.8, 4) is 0 Å². The third-order valence-electron chi connectivity index (χ3n) is 1.09. The second-order valence-corrected chi connectivity index (χ2v) is 3.33. The predicted molar refractivity (Wildman–Crippen MR) is 51.1 cm³/mol. The lowest BCUT2D eigenvalue weighted by Gasteiger charge is -1.99. The summed E-state index contributed by atoms with van der Waals surface area (Å²) in [6, 6.07) is 0. The Hall–Kier alpha value is -0.430. The first-order valence-electron chi connectivity index (χ1n) is 2.91. The molecule has 1 aromatic rings. The molecule has 4 nitrogen and oxygen atoms in total. The second kappa shape index (κ2) is 3.99. The van der Waals surface area contributed by atoms with E-state index in [0.717, 1.165) is 0 Å². The summed E-state index contributed by atoms with van der Waals surface area (Å²) in [6.07, 6.45) is 1.46. The van der Waals surface area contributed by atoms with Crippen molar-refractivity contribution in [1.82, 2.24) is 9.97 Å². The molecule has 0 aliphatic rings. The van der Waals surface area contributed by atoms with Gasteiger partial charge in [0.05, 0.1) is 10.7 Å². The number of carbonyl (C=O) groups is 1. The van der Waals surface area contributed by atoms with Gasteiger partial charge < -0.3 is 4.74 Å². The van der Waals surface area contributed by atoms with Gasteiger partial charge in [-0.05, 0) is 34.2 Å². The molecule has 0 saturated heterocycles. The van der Waals surface area contributed by atoms with Gasteiger partial charge in [0.25, 0.3) is 0 Å². The highest BCUT2D eigenvalue weighted by Crippen LogP contribution is 2.11. The van der Waals surface area contributed by atoms with Crippen LogP contribution in [0.15, 0.2) is 6.20 Å². The number of nitrogens with zero attached hydrogens (tertiary/aromatic N) is 2. The van der Waals surface area contributed by atoms with E-state index in [1.807, 2.05) is 22.6 Å². The number of esters is 1. The second-order valence-electron chi connectivity index (χ2n) is 1.83. The van der Waals surface area contributed by atoms with Crippen molar-refractivity contribution in [2.24, 2.45) is 0 Å². The molecule has 0 radical (unpaired) electrons. The van der Waals surface area contributed by atoms with E-state index in [2.05, 4.69) is 14.7 Å². The van der Waals surface area contributed by atoms with Gasteiger partial charge in [-0.25, -0.2) is 14.8 Å². The number of hydrogen-bond acceptors (Lipinski definition) is 4. The molecule has 0 aliphatic heterocycles. The van der Waals surface area contributed by atoms with E-state index in [9.17, 15) is 4.79 Å². The molecule has 64 valence electrons. The standard InChI is InChI=1S/C6H4ClIN2O2/c1-12-5(11)4-3(8)2-9-6(7)10-4/h2H,1H3. The van der Waals surface area contributed by atoms with Gasteiger partial charge in [0.2, 0.25) is 5.28 Å². The molecule has 0 aliphatic carbocycles. The molecule has 0 amide bonds. The fraction of sp³-hybridized carbons (Fsp3) is 0.167. The normalized spacial score (nSPS) is 9.58. The minimum absolute atomic E-state index is 0.0378. The van der Waals surface area contributed by atoms with Crippen LogP contribution in [0, 0.1) is 3.57 Å². The van der Waals surface area contributed by atoms with Crippen LogP contribution in [-0.2, 0) is 4.74 Å². The summed E-state index contributed by atoms with van der Waals surface area (Å²) >= 11 is 7.42. The van der Waals surface area contributed by atoms with Gasteiger partial charge in [-0.15, -0.1) is 0 Å². The van der Waals surface area contributed by atoms with Crippen molar-refractivity contribution in [2.45, 2.75) is 0 Å². The highest BCUT2D eigenvalue weighted by Gasteiger charge is 2.12. The molecule has 0 aromatic carbocycles. The Labute approximate surface area is 87.4 Å². The van der Waals surface area contributed by atoms with Crippen molar-refractivity contribution in [1.29, 1.82) is 0 Å². The Morgan fingerprint density at radius 2 is 2.42 bits per heavy atom. The Morgan fingerprint density at radius 1 is 1.75 bits per heavy atom. The Morgan fingerprint density at radius 3 is 3.00 bits per heavy atom. The monoisotopic (exact) mass is 298 g/mol. The summed E-state index contributed by atoms with van der Waals surface area (Å²) in [6.45, 7) is 0. The Balaban J connectivity index is 3.13. The molecule has 1 rings (SSSR count). The minimum Gasteiger partial charge on any atom is -0.464 e. The first-order valence-corrected chi connectivity index (χ1v) is 4.37. The van der Waals surface area contributed by atoms with Crippen LogP contribution in [0.3, 0.4) is 0 Å². The predicted octanol–water partition coefficient (Wildman–Crippen LogP) is 1.52. The fourth-order valence-corrected chi connectivity index (χ4v) is 1.20. The molecular weight excluding hydrogens is 294 g/mol. The molecule has 1 heterocycles. The zero-order valence-corrected chi connectivity index (χ0v) is 8.96. The average molecular weight is 298 g/mol. The van der Waals surface area contributed by atoms with E-state index >= 15 is 0 Å². The largest absolute Gasteiger partial charge is 0.464 e. The van der Waals surface area contributed by atoms with Gasteiger partial charge in [0.15, 0.2) is 5.69 Å². The number of ether oxygens (including phenoxy) is 1. The Bertz CT molecular complexity index is 318. The molecule has 6 heteroatoms. The summed E-state index contributed by atoms with van der Waals surface area (Å²) in [5.74, 6) is -0.510. The molecule has 0 N–H and O–H groups in total. The lowest BCUT2D eigenvalue weighted by atomic mass is 10.4. The van der Waals surface area contributed by atoms with E-state index in [4.69, 9.17) is 11.6 Å². The zero-order valence-electron chi connectivity index (χ0n) is 6.04. The quantitative estimate of drug-likeness (QED) is 0.448. The van der Waals surface area contributed by atoms with Gasteiger partial charge in [-0.1, -0.05) is 0 Å². The molecule has 0 unspecified atom stereocenters. The van der Waals surface area contributed by atoms with Crippen LogP contribution in [0.4, 0.5) is 0 Å². The third kappa shape index (κ3) is 2.04. The summed E-state index contributed by atoms with van der Waals surface area (Å²) in [7, 11) is 1.29. The van der Waals surface area contributed by atoms with E-state index < -0.39 is 5.97 Å². The SMILES string of the molecule is COC(=O)c1nc(Cl)ncc1I. The number of carbonyl (C=O) groups excluding carboxylic acids is 1. The molecule has 12 heavy (non-hydrogen) atoms. The van der Waals surface area contributed by atoms with E-state index in [0.29, 0.717) is 3.57 Å². The van der Waals surface area contributed by atoms with Crippen molar-refractivity contribution in [3.05, 3.63) is 20.7 Å². The molecule has 1 aromatic heterocycles. The van der Waals surface area contributed by atoms with E-state index in [1.54, 1.807) is 0 Å². The number of rotatable bonds is 1. The highest BCUT2D eigenvalue weighted by molar-refractivity contribution is 14.1. The van der Waals surface area contributed by atoms with Gasteiger partial charge >= 0.3 is 5.97 Å². The first kappa shape index (κ1) is 9.66.